The Hall–Kier alpha value is -3.47. The quantitative estimate of drug-likeness (QED) is 0.313. The molecule has 30 heavy (non-hydrogen) atoms. The molecule has 3 aromatic heterocycles. The number of hydrogen-bond acceptors (Lipinski definition) is 7. The first kappa shape index (κ1) is 19.8. The fraction of sp³-hybridized carbons (Fsp3) is 0.316. The van der Waals surface area contributed by atoms with Gasteiger partial charge in [-0.25, -0.2) is 18.7 Å². The summed E-state index contributed by atoms with van der Waals surface area (Å²) >= 11 is 0. The summed E-state index contributed by atoms with van der Waals surface area (Å²) in [6, 6.07) is 6.80. The van der Waals surface area contributed by atoms with Crippen molar-refractivity contribution in [3.05, 3.63) is 60.5 Å². The van der Waals surface area contributed by atoms with Gasteiger partial charge in [0.15, 0.2) is 11.6 Å². The number of halogens is 2. The highest BCUT2D eigenvalue weighted by Crippen LogP contribution is 2.24. The lowest BCUT2D eigenvalue weighted by molar-refractivity contribution is 0.0949. The number of aromatic nitrogens is 6. The lowest BCUT2D eigenvalue weighted by atomic mass is 10.3. The number of benzene rings is 1. The van der Waals surface area contributed by atoms with E-state index in [0.717, 1.165) is 13.0 Å². The van der Waals surface area contributed by atoms with Gasteiger partial charge in [0, 0.05) is 18.9 Å². The number of carbonyl (C=O) groups excluding carboxylic acids is 1. The number of nitrogens with zero attached hydrogens (tertiary/aromatic N) is 6. The number of para-hydroxylation sites is 2. The Kier molecular flexibility index (Phi) is 5.89. The molecule has 11 heteroatoms. The Morgan fingerprint density at radius 2 is 2.10 bits per heavy atom. The van der Waals surface area contributed by atoms with Crippen LogP contribution in [0.15, 0.2) is 47.5 Å². The molecule has 0 saturated heterocycles. The summed E-state index contributed by atoms with van der Waals surface area (Å²) in [6.07, 6.45) is 3.38. The van der Waals surface area contributed by atoms with E-state index in [9.17, 15) is 13.6 Å². The van der Waals surface area contributed by atoms with Crippen molar-refractivity contribution in [2.45, 2.75) is 25.9 Å². The number of alkyl halides is 2. The average molecular weight is 415 g/mol. The van der Waals surface area contributed by atoms with Crippen molar-refractivity contribution < 1.29 is 18.1 Å². The predicted molar refractivity (Wildman–Crippen MR) is 102 cm³/mol. The number of rotatable bonds is 10. The third-order valence-electron chi connectivity index (χ3n) is 4.50. The van der Waals surface area contributed by atoms with Gasteiger partial charge in [0.05, 0.1) is 30.5 Å². The molecular formula is C19H19F2N7O2. The second kappa shape index (κ2) is 8.91. The molecule has 0 aliphatic rings. The van der Waals surface area contributed by atoms with Gasteiger partial charge >= 0.3 is 0 Å². The van der Waals surface area contributed by atoms with E-state index in [0.29, 0.717) is 17.6 Å². The third kappa shape index (κ3) is 4.40. The first-order valence-electron chi connectivity index (χ1n) is 9.37. The number of nitrogens with one attached hydrogen (secondary N) is 1. The smallest absolute Gasteiger partial charge is 0.295 e. The van der Waals surface area contributed by atoms with Crippen LogP contribution < -0.4 is 5.32 Å². The van der Waals surface area contributed by atoms with Crippen LogP contribution in [0.5, 0.6) is 0 Å². The van der Waals surface area contributed by atoms with Gasteiger partial charge < -0.3 is 19.0 Å². The van der Waals surface area contributed by atoms with Crippen molar-refractivity contribution in [3.63, 3.8) is 0 Å². The number of hydrogen-bond donors (Lipinski definition) is 1. The maximum atomic E-state index is 13.4. The van der Waals surface area contributed by atoms with Crippen molar-refractivity contribution in [1.82, 2.24) is 34.6 Å². The van der Waals surface area contributed by atoms with Crippen molar-refractivity contribution in [1.29, 1.82) is 0 Å². The second-order valence-corrected chi connectivity index (χ2v) is 6.62. The van der Waals surface area contributed by atoms with Crippen LogP contribution >= 0.6 is 0 Å². The van der Waals surface area contributed by atoms with Crippen LogP contribution in [0.2, 0.25) is 0 Å². The first-order valence-corrected chi connectivity index (χ1v) is 9.37. The zero-order valence-corrected chi connectivity index (χ0v) is 15.9. The lowest BCUT2D eigenvalue weighted by Gasteiger charge is -2.05. The van der Waals surface area contributed by atoms with Crippen LogP contribution in [0.1, 0.15) is 35.2 Å². The van der Waals surface area contributed by atoms with Gasteiger partial charge in [-0.2, -0.15) is 4.98 Å². The van der Waals surface area contributed by atoms with Gasteiger partial charge in [-0.15, -0.1) is 0 Å². The van der Waals surface area contributed by atoms with Crippen LogP contribution in [0.25, 0.3) is 11.0 Å². The molecule has 156 valence electrons. The first-order chi connectivity index (χ1) is 14.6. The van der Waals surface area contributed by atoms with Gasteiger partial charge in [0.25, 0.3) is 12.3 Å². The zero-order chi connectivity index (χ0) is 20.9. The number of aryl methyl sites for hydroxylation is 1. The molecule has 0 bridgehead atoms. The molecule has 4 aromatic rings. The van der Waals surface area contributed by atoms with E-state index in [4.69, 9.17) is 4.52 Å². The maximum Gasteiger partial charge on any atom is 0.295 e. The molecule has 4 rings (SSSR count). The molecule has 0 unspecified atom stereocenters. The van der Waals surface area contributed by atoms with Gasteiger partial charge in [-0.1, -0.05) is 17.3 Å². The van der Waals surface area contributed by atoms with Crippen molar-refractivity contribution in [2.24, 2.45) is 0 Å². The summed E-state index contributed by atoms with van der Waals surface area (Å²) in [5.41, 5.74) is 0.984. The highest BCUT2D eigenvalue weighted by atomic mass is 19.3. The van der Waals surface area contributed by atoms with Gasteiger partial charge in [-0.3, -0.25) is 4.79 Å². The molecule has 0 aliphatic heterocycles. The number of ketones is 1. The van der Waals surface area contributed by atoms with Gasteiger partial charge in [-0.05, 0) is 25.1 Å². The van der Waals surface area contributed by atoms with Crippen molar-refractivity contribution in [2.75, 3.05) is 13.1 Å². The molecule has 9 nitrogen and oxygen atoms in total. The number of imidazole rings is 2. The van der Waals surface area contributed by atoms with E-state index in [2.05, 4.69) is 25.4 Å². The van der Waals surface area contributed by atoms with E-state index in [-0.39, 0.29) is 36.4 Å². The largest absolute Gasteiger partial charge is 0.337 e. The molecule has 0 aliphatic carbocycles. The minimum absolute atomic E-state index is 0.0435. The normalized spacial score (nSPS) is 11.6. The minimum atomic E-state index is -2.75. The molecule has 0 fully saturated rings. The van der Waals surface area contributed by atoms with Crippen LogP contribution in [-0.2, 0) is 13.1 Å². The van der Waals surface area contributed by atoms with Crippen LogP contribution in [0.3, 0.4) is 0 Å². The summed E-state index contributed by atoms with van der Waals surface area (Å²) in [7, 11) is 0. The average Bonchev–Trinajstić information content (AvgIpc) is 3.48. The van der Waals surface area contributed by atoms with Crippen molar-refractivity contribution in [3.8, 4) is 0 Å². The van der Waals surface area contributed by atoms with E-state index in [1.165, 1.54) is 4.57 Å². The highest BCUT2D eigenvalue weighted by Gasteiger charge is 2.21. The molecule has 1 aromatic carbocycles. The molecule has 1 N–H and O–H groups in total. The van der Waals surface area contributed by atoms with Crippen molar-refractivity contribution >= 4 is 16.8 Å². The molecule has 0 saturated carbocycles. The van der Waals surface area contributed by atoms with E-state index in [1.54, 1.807) is 36.8 Å². The summed E-state index contributed by atoms with van der Waals surface area (Å²) in [5, 5.41) is 6.78. The Balaban J connectivity index is 1.35. The van der Waals surface area contributed by atoms with Crippen LogP contribution in [-0.4, -0.2) is 48.1 Å². The molecule has 0 radical (unpaired) electrons. The highest BCUT2D eigenvalue weighted by molar-refractivity contribution is 5.93. The monoisotopic (exact) mass is 415 g/mol. The van der Waals surface area contributed by atoms with Gasteiger partial charge in [0.2, 0.25) is 5.78 Å². The molecular weight excluding hydrogens is 396 g/mol. The topological polar surface area (TPSA) is 104 Å². The maximum absolute atomic E-state index is 13.4. The van der Waals surface area contributed by atoms with E-state index >= 15 is 0 Å². The predicted octanol–water partition coefficient (Wildman–Crippen LogP) is 2.46. The second-order valence-electron chi connectivity index (χ2n) is 6.62. The Morgan fingerprint density at radius 3 is 2.90 bits per heavy atom. The lowest BCUT2D eigenvalue weighted by Crippen LogP contribution is -2.25. The SMILES string of the molecule is O=C(CNCCCn1ccnc1)c1nc(Cn2c(C(F)F)nc3ccccc32)no1. The molecule has 0 atom stereocenters. The van der Waals surface area contributed by atoms with E-state index in [1.807, 2.05) is 10.8 Å². The summed E-state index contributed by atoms with van der Waals surface area (Å²) in [6.45, 7) is 1.39. The molecule has 3 heterocycles. The van der Waals surface area contributed by atoms with Crippen LogP contribution in [0, 0.1) is 0 Å². The third-order valence-corrected chi connectivity index (χ3v) is 4.50. The number of Topliss-reactive ketones (excluding diaryl/α,β-unsaturated/α-hetero) is 1. The van der Waals surface area contributed by atoms with Gasteiger partial charge in [0.1, 0.15) is 0 Å². The van der Waals surface area contributed by atoms with Crippen LogP contribution in [0.4, 0.5) is 8.78 Å². The zero-order valence-electron chi connectivity index (χ0n) is 15.9. The summed E-state index contributed by atoms with van der Waals surface area (Å²) in [5.74, 6) is -0.770. The standard InChI is InChI=1S/C19H19F2N7O2/c20-17(21)18-24-13-4-1-2-5-14(13)28(18)11-16-25-19(30-26-16)15(29)10-22-6-3-8-27-9-7-23-12-27/h1-2,4-5,7,9,12,17,22H,3,6,8,10-11H2. The molecule has 0 amide bonds. The fourth-order valence-corrected chi connectivity index (χ4v) is 3.08. The van der Waals surface area contributed by atoms with E-state index < -0.39 is 6.43 Å². The fourth-order valence-electron chi connectivity index (χ4n) is 3.08. The minimum Gasteiger partial charge on any atom is -0.337 e. The Bertz CT molecular complexity index is 1120. The Labute approximate surface area is 169 Å². The summed E-state index contributed by atoms with van der Waals surface area (Å²) < 4.78 is 35.0. The number of fused-ring (bicyclic) bond motifs is 1. The summed E-state index contributed by atoms with van der Waals surface area (Å²) in [4.78, 5) is 24.2. The Morgan fingerprint density at radius 1 is 1.23 bits per heavy atom. The number of carbonyl (C=O) groups is 1. The molecule has 0 spiro atoms.